The van der Waals surface area contributed by atoms with Crippen LogP contribution >= 0.6 is 17.0 Å². The fourth-order valence-corrected chi connectivity index (χ4v) is 1.63. The maximum atomic E-state index is 13.6. The van der Waals surface area contributed by atoms with Gasteiger partial charge in [0.25, 0.3) is 5.91 Å². The van der Waals surface area contributed by atoms with Crippen molar-refractivity contribution in [1.82, 2.24) is 4.68 Å². The maximum Gasteiger partial charge on any atom is 0.252 e. The molecule has 0 spiro atoms. The third kappa shape index (κ3) is 4.22. The molecule has 1 heterocycles. The van der Waals surface area contributed by atoms with Gasteiger partial charge in [0.1, 0.15) is 11.5 Å². The summed E-state index contributed by atoms with van der Waals surface area (Å²) in [4.78, 5) is 23.4. The number of hydrogen-bond acceptors (Lipinski definition) is 3. The van der Waals surface area contributed by atoms with E-state index < -0.39 is 17.5 Å². The molecule has 0 fully saturated rings. The van der Waals surface area contributed by atoms with Gasteiger partial charge in [-0.3, -0.25) is 19.7 Å². The Morgan fingerprint density at radius 3 is 2.48 bits per heavy atom. The first-order chi connectivity index (χ1) is 9.13. The van der Waals surface area contributed by atoms with Crippen molar-refractivity contribution < 1.29 is 19.5 Å². The molecule has 0 atom stereocenters. The lowest BCUT2D eigenvalue weighted by Crippen LogP contribution is -2.30. The molecule has 1 aromatic heterocycles. The summed E-state index contributed by atoms with van der Waals surface area (Å²) in [6.07, 6.45) is 1.49. The number of benzene rings is 1. The Kier molecular flexibility index (Phi) is 7.50. The summed E-state index contributed by atoms with van der Waals surface area (Å²) >= 11 is 0. The highest BCUT2D eigenvalue weighted by atomic mass is 79.9. The number of carbonyl (C=O) groups is 2. The summed E-state index contributed by atoms with van der Waals surface area (Å²) in [6.45, 7) is -0.203. The fourth-order valence-electron chi connectivity index (χ4n) is 1.63. The van der Waals surface area contributed by atoms with Crippen molar-refractivity contribution >= 4 is 28.7 Å². The molecule has 0 saturated carbocycles. The molecular formula is C13H15BrFN3O3. The SMILES string of the molecule is Br.NCC(=O)Nn1cccc1C(=O)c1ccccc1F.O. The number of amides is 1. The van der Waals surface area contributed by atoms with E-state index in [0.29, 0.717) is 0 Å². The lowest BCUT2D eigenvalue weighted by atomic mass is 10.1. The van der Waals surface area contributed by atoms with Gasteiger partial charge >= 0.3 is 0 Å². The predicted octanol–water partition coefficient (Wildman–Crippen LogP) is 0.640. The van der Waals surface area contributed by atoms with Crippen molar-refractivity contribution in [1.29, 1.82) is 0 Å². The molecule has 0 aliphatic heterocycles. The van der Waals surface area contributed by atoms with Crippen molar-refractivity contribution in [2.24, 2.45) is 5.73 Å². The highest BCUT2D eigenvalue weighted by Crippen LogP contribution is 2.13. The zero-order chi connectivity index (χ0) is 13.8. The second kappa shape index (κ2) is 8.30. The molecule has 0 bridgehead atoms. The molecule has 0 saturated heterocycles. The molecule has 2 rings (SSSR count). The first kappa shape index (κ1) is 19.0. The molecule has 21 heavy (non-hydrogen) atoms. The van der Waals surface area contributed by atoms with E-state index in [9.17, 15) is 14.0 Å². The number of halogens is 2. The number of nitrogens with one attached hydrogen (secondary N) is 1. The highest BCUT2D eigenvalue weighted by molar-refractivity contribution is 8.93. The van der Waals surface area contributed by atoms with E-state index in [2.05, 4.69) is 5.43 Å². The fraction of sp³-hybridized carbons (Fsp3) is 0.0769. The molecule has 0 aliphatic carbocycles. The van der Waals surface area contributed by atoms with Crippen LogP contribution in [0.2, 0.25) is 0 Å². The minimum Gasteiger partial charge on any atom is -0.412 e. The van der Waals surface area contributed by atoms with Gasteiger partial charge in [0.15, 0.2) is 0 Å². The van der Waals surface area contributed by atoms with E-state index >= 15 is 0 Å². The largest absolute Gasteiger partial charge is 0.412 e. The predicted molar refractivity (Wildman–Crippen MR) is 81.6 cm³/mol. The van der Waals surface area contributed by atoms with Gasteiger partial charge in [-0.2, -0.15) is 0 Å². The van der Waals surface area contributed by atoms with E-state index in [4.69, 9.17) is 5.73 Å². The first-order valence-electron chi connectivity index (χ1n) is 5.60. The Labute approximate surface area is 130 Å². The van der Waals surface area contributed by atoms with Crippen LogP contribution in [0.25, 0.3) is 0 Å². The van der Waals surface area contributed by atoms with Crippen LogP contribution in [-0.4, -0.2) is 28.4 Å². The van der Waals surface area contributed by atoms with Crippen molar-refractivity contribution in [3.63, 3.8) is 0 Å². The Bertz CT molecular complexity index is 631. The van der Waals surface area contributed by atoms with Crippen LogP contribution in [0.15, 0.2) is 42.6 Å². The topological polar surface area (TPSA) is 109 Å². The number of hydrogen-bond donors (Lipinski definition) is 2. The molecule has 1 amide bonds. The standard InChI is InChI=1S/C13H12FN3O2.BrH.H2O/c14-10-5-2-1-4-9(10)13(19)11-6-3-7-17(11)16-12(18)8-15;;/h1-7H,8,15H2,(H,16,18);1H;1H2. The highest BCUT2D eigenvalue weighted by Gasteiger charge is 2.17. The minimum atomic E-state index is -0.606. The lowest BCUT2D eigenvalue weighted by molar-refractivity contribution is -0.115. The van der Waals surface area contributed by atoms with Gasteiger partial charge in [-0.25, -0.2) is 4.39 Å². The average Bonchev–Trinajstić information content (AvgIpc) is 2.86. The molecule has 114 valence electrons. The minimum absolute atomic E-state index is 0. The maximum absolute atomic E-state index is 13.6. The van der Waals surface area contributed by atoms with Crippen LogP contribution < -0.4 is 11.2 Å². The summed E-state index contributed by atoms with van der Waals surface area (Å²) in [7, 11) is 0. The van der Waals surface area contributed by atoms with Crippen molar-refractivity contribution in [2.75, 3.05) is 12.0 Å². The molecule has 8 heteroatoms. The monoisotopic (exact) mass is 359 g/mol. The summed E-state index contributed by atoms with van der Waals surface area (Å²) in [6, 6.07) is 8.73. The molecule has 5 N–H and O–H groups in total. The molecule has 6 nitrogen and oxygen atoms in total. The number of nitrogens with zero attached hydrogens (tertiary/aromatic N) is 1. The van der Waals surface area contributed by atoms with E-state index in [0.717, 1.165) is 0 Å². The van der Waals surface area contributed by atoms with Gasteiger partial charge in [-0.05, 0) is 24.3 Å². The van der Waals surface area contributed by atoms with E-state index in [1.807, 2.05) is 0 Å². The normalized spacial score (nSPS) is 9.24. The van der Waals surface area contributed by atoms with E-state index in [-0.39, 0.29) is 40.3 Å². The number of carbonyl (C=O) groups excluding carboxylic acids is 2. The van der Waals surface area contributed by atoms with Crippen LogP contribution in [0.1, 0.15) is 16.1 Å². The first-order valence-corrected chi connectivity index (χ1v) is 5.60. The van der Waals surface area contributed by atoms with Crippen molar-refractivity contribution in [2.45, 2.75) is 0 Å². The second-order valence-corrected chi connectivity index (χ2v) is 3.81. The summed E-state index contributed by atoms with van der Waals surface area (Å²) in [5, 5.41) is 0. The van der Waals surface area contributed by atoms with Gasteiger partial charge in [-0.1, -0.05) is 12.1 Å². The summed E-state index contributed by atoms with van der Waals surface area (Å²) in [5.41, 5.74) is 7.71. The molecular weight excluding hydrogens is 345 g/mol. The summed E-state index contributed by atoms with van der Waals surface area (Å²) < 4.78 is 14.8. The Hall–Kier alpha value is -2.03. The van der Waals surface area contributed by atoms with Gasteiger partial charge in [-0.15, -0.1) is 17.0 Å². The van der Waals surface area contributed by atoms with Crippen LogP contribution in [0, 0.1) is 5.82 Å². The summed E-state index contributed by atoms with van der Waals surface area (Å²) in [5.74, 6) is -1.57. The third-order valence-corrected chi connectivity index (χ3v) is 2.53. The van der Waals surface area contributed by atoms with Gasteiger partial charge in [0, 0.05) is 6.20 Å². The van der Waals surface area contributed by atoms with Crippen LogP contribution in [0.3, 0.4) is 0 Å². The Balaban J connectivity index is 0.00000200. The molecule has 0 unspecified atom stereocenters. The number of ketones is 1. The quantitative estimate of drug-likeness (QED) is 0.781. The smallest absolute Gasteiger partial charge is 0.252 e. The number of rotatable bonds is 4. The van der Waals surface area contributed by atoms with Gasteiger partial charge in [0.05, 0.1) is 12.1 Å². The van der Waals surface area contributed by atoms with Crippen LogP contribution in [0.5, 0.6) is 0 Å². The van der Waals surface area contributed by atoms with E-state index in [1.54, 1.807) is 12.1 Å². The Morgan fingerprint density at radius 1 is 1.19 bits per heavy atom. The van der Waals surface area contributed by atoms with Crippen molar-refractivity contribution in [3.8, 4) is 0 Å². The lowest BCUT2D eigenvalue weighted by Gasteiger charge is -2.09. The van der Waals surface area contributed by atoms with E-state index in [1.165, 1.54) is 35.1 Å². The number of nitrogens with two attached hydrogens (primary N) is 1. The zero-order valence-electron chi connectivity index (χ0n) is 10.9. The molecule has 2 aromatic rings. The third-order valence-electron chi connectivity index (χ3n) is 2.53. The average molecular weight is 360 g/mol. The number of aromatic nitrogens is 1. The van der Waals surface area contributed by atoms with Crippen molar-refractivity contribution in [3.05, 3.63) is 59.7 Å². The molecule has 0 radical (unpaired) electrons. The molecule has 0 aliphatic rings. The second-order valence-electron chi connectivity index (χ2n) is 3.81. The van der Waals surface area contributed by atoms with Gasteiger partial charge < -0.3 is 11.2 Å². The van der Waals surface area contributed by atoms with Gasteiger partial charge in [0.2, 0.25) is 5.78 Å². The Morgan fingerprint density at radius 2 is 1.86 bits per heavy atom. The van der Waals surface area contributed by atoms with Crippen LogP contribution in [0.4, 0.5) is 4.39 Å². The van der Waals surface area contributed by atoms with Crippen LogP contribution in [-0.2, 0) is 4.79 Å². The molecule has 1 aromatic carbocycles. The zero-order valence-corrected chi connectivity index (χ0v) is 12.6.